The number of aryl methyl sites for hydroxylation is 1. The van der Waals surface area contributed by atoms with Gasteiger partial charge in [0.05, 0.1) is 0 Å². The minimum Gasteiger partial charge on any atom is -0.294 e. The summed E-state index contributed by atoms with van der Waals surface area (Å²) >= 11 is 0. The van der Waals surface area contributed by atoms with E-state index in [1.165, 1.54) is 24.8 Å². The Morgan fingerprint density at radius 1 is 1.33 bits per heavy atom. The summed E-state index contributed by atoms with van der Waals surface area (Å²) in [5.74, 6) is 1.04. The number of ketones is 1. The average Bonchev–Trinajstić information content (AvgIpc) is 3.04. The first-order valence-corrected chi connectivity index (χ1v) is 7.11. The van der Waals surface area contributed by atoms with Crippen LogP contribution >= 0.6 is 0 Å². The van der Waals surface area contributed by atoms with E-state index in [0.29, 0.717) is 11.2 Å². The maximum absolute atomic E-state index is 12.2. The Morgan fingerprint density at radius 3 is 2.67 bits per heavy atom. The molecule has 1 fully saturated rings. The Balaban J connectivity index is 1.99. The Morgan fingerprint density at radius 2 is 2.06 bits per heavy atom. The molecule has 1 heteroatoms. The molecule has 0 spiro atoms. The molecular formula is C17H24O. The highest BCUT2D eigenvalue weighted by molar-refractivity contribution is 5.96. The maximum atomic E-state index is 12.2. The van der Waals surface area contributed by atoms with E-state index in [0.717, 1.165) is 24.3 Å². The minimum absolute atomic E-state index is 0.311. The number of carbonyl (C=O) groups is 1. The summed E-state index contributed by atoms with van der Waals surface area (Å²) in [5.41, 5.74) is 2.52. The first-order chi connectivity index (χ1) is 8.48. The number of carbonyl (C=O) groups excluding carboxylic acids is 1. The molecule has 0 aromatic heterocycles. The molecule has 0 bridgehead atoms. The van der Waals surface area contributed by atoms with Gasteiger partial charge >= 0.3 is 0 Å². The van der Waals surface area contributed by atoms with Gasteiger partial charge in [-0.05, 0) is 48.6 Å². The molecule has 1 nitrogen and oxygen atoms in total. The van der Waals surface area contributed by atoms with Crippen LogP contribution in [0.5, 0.6) is 0 Å². The number of Topliss-reactive ketones (excluding diaryl/α,β-unsaturated/α-hetero) is 1. The van der Waals surface area contributed by atoms with Gasteiger partial charge in [0.15, 0.2) is 5.78 Å². The summed E-state index contributed by atoms with van der Waals surface area (Å²) in [7, 11) is 0. The molecule has 0 aliphatic heterocycles. The van der Waals surface area contributed by atoms with E-state index in [9.17, 15) is 4.79 Å². The van der Waals surface area contributed by atoms with E-state index in [4.69, 9.17) is 0 Å². The Kier molecular flexibility index (Phi) is 3.89. The molecule has 0 amide bonds. The van der Waals surface area contributed by atoms with E-state index in [2.05, 4.69) is 32.9 Å². The summed E-state index contributed by atoms with van der Waals surface area (Å²) in [6, 6.07) is 8.22. The topological polar surface area (TPSA) is 17.1 Å². The number of hydrogen-bond donors (Lipinski definition) is 0. The molecule has 0 atom stereocenters. The van der Waals surface area contributed by atoms with Gasteiger partial charge in [-0.15, -0.1) is 0 Å². The van der Waals surface area contributed by atoms with Gasteiger partial charge in [0.2, 0.25) is 0 Å². The molecule has 0 heterocycles. The van der Waals surface area contributed by atoms with E-state index in [1.54, 1.807) is 0 Å². The molecule has 18 heavy (non-hydrogen) atoms. The zero-order valence-corrected chi connectivity index (χ0v) is 11.8. The zero-order valence-electron chi connectivity index (χ0n) is 11.8. The molecule has 0 saturated heterocycles. The Labute approximate surface area is 111 Å². The van der Waals surface area contributed by atoms with E-state index in [-0.39, 0.29) is 0 Å². The van der Waals surface area contributed by atoms with Crippen LogP contribution in [0.2, 0.25) is 0 Å². The monoisotopic (exact) mass is 244 g/mol. The third kappa shape index (κ3) is 3.69. The highest BCUT2D eigenvalue weighted by atomic mass is 16.1. The second-order valence-electron chi connectivity index (χ2n) is 6.54. The molecule has 98 valence electrons. The Hall–Kier alpha value is -1.11. The fourth-order valence-electron chi connectivity index (χ4n) is 2.24. The fourth-order valence-corrected chi connectivity index (χ4v) is 2.24. The number of hydrogen-bond acceptors (Lipinski definition) is 1. The molecule has 1 aliphatic carbocycles. The highest BCUT2D eigenvalue weighted by Gasteiger charge is 2.39. The molecule has 1 aromatic rings. The highest BCUT2D eigenvalue weighted by Crippen LogP contribution is 2.48. The first-order valence-electron chi connectivity index (χ1n) is 7.11. The standard InChI is InChI=1S/C17H24O/c1-13(2)7-8-14-5-4-6-15(11-14)16(18)12-17(3)9-10-17/h4-6,11,13H,7-10,12H2,1-3H3. The van der Waals surface area contributed by atoms with Crippen molar-refractivity contribution in [2.45, 2.75) is 52.9 Å². The lowest BCUT2D eigenvalue weighted by Crippen LogP contribution is -2.06. The van der Waals surface area contributed by atoms with E-state index in [1.807, 2.05) is 12.1 Å². The van der Waals surface area contributed by atoms with E-state index >= 15 is 0 Å². The van der Waals surface area contributed by atoms with Gasteiger partial charge in [0.1, 0.15) is 0 Å². The van der Waals surface area contributed by atoms with Crippen LogP contribution in [-0.2, 0) is 6.42 Å². The van der Waals surface area contributed by atoms with Crippen molar-refractivity contribution in [2.24, 2.45) is 11.3 Å². The van der Waals surface area contributed by atoms with Crippen molar-refractivity contribution in [2.75, 3.05) is 0 Å². The van der Waals surface area contributed by atoms with Gasteiger partial charge in [-0.3, -0.25) is 4.79 Å². The maximum Gasteiger partial charge on any atom is 0.163 e. The van der Waals surface area contributed by atoms with Crippen LogP contribution in [0.25, 0.3) is 0 Å². The van der Waals surface area contributed by atoms with Crippen LogP contribution in [0.3, 0.4) is 0 Å². The lowest BCUT2D eigenvalue weighted by molar-refractivity contribution is 0.0959. The predicted molar refractivity (Wildman–Crippen MR) is 75.9 cm³/mol. The Bertz CT molecular complexity index is 427. The zero-order chi connectivity index (χ0) is 13.2. The molecule has 0 unspecified atom stereocenters. The lowest BCUT2D eigenvalue weighted by Gasteiger charge is -2.09. The van der Waals surface area contributed by atoms with Crippen molar-refractivity contribution >= 4 is 5.78 Å². The lowest BCUT2D eigenvalue weighted by atomic mass is 9.95. The van der Waals surface area contributed by atoms with Crippen LogP contribution in [0.15, 0.2) is 24.3 Å². The summed E-state index contributed by atoms with van der Waals surface area (Å²) in [6.45, 7) is 6.69. The van der Waals surface area contributed by atoms with Crippen molar-refractivity contribution in [3.05, 3.63) is 35.4 Å². The number of rotatable bonds is 6. The molecule has 1 aliphatic rings. The van der Waals surface area contributed by atoms with Crippen molar-refractivity contribution in [1.82, 2.24) is 0 Å². The first kappa shape index (κ1) is 13.3. The van der Waals surface area contributed by atoms with Crippen molar-refractivity contribution < 1.29 is 4.79 Å². The number of benzene rings is 1. The van der Waals surface area contributed by atoms with Crippen LogP contribution in [-0.4, -0.2) is 5.78 Å². The summed E-state index contributed by atoms with van der Waals surface area (Å²) in [6.07, 6.45) is 5.42. The van der Waals surface area contributed by atoms with Crippen LogP contribution in [0.4, 0.5) is 0 Å². The van der Waals surface area contributed by atoms with Gasteiger partial charge < -0.3 is 0 Å². The van der Waals surface area contributed by atoms with Crippen molar-refractivity contribution in [1.29, 1.82) is 0 Å². The average molecular weight is 244 g/mol. The van der Waals surface area contributed by atoms with Gasteiger partial charge in [0, 0.05) is 12.0 Å². The largest absolute Gasteiger partial charge is 0.294 e. The summed E-state index contributed by atoms with van der Waals surface area (Å²) in [5, 5.41) is 0. The predicted octanol–water partition coefficient (Wildman–Crippen LogP) is 4.65. The van der Waals surface area contributed by atoms with Crippen molar-refractivity contribution in [3.8, 4) is 0 Å². The smallest absolute Gasteiger partial charge is 0.163 e. The van der Waals surface area contributed by atoms with Crippen LogP contribution in [0.1, 0.15) is 62.4 Å². The van der Waals surface area contributed by atoms with E-state index < -0.39 is 0 Å². The third-order valence-electron chi connectivity index (χ3n) is 3.95. The van der Waals surface area contributed by atoms with Gasteiger partial charge in [-0.1, -0.05) is 39.0 Å². The minimum atomic E-state index is 0.311. The van der Waals surface area contributed by atoms with Gasteiger partial charge in [0.25, 0.3) is 0 Å². The molecule has 1 aromatic carbocycles. The fraction of sp³-hybridized carbons (Fsp3) is 0.588. The summed E-state index contributed by atoms with van der Waals surface area (Å²) < 4.78 is 0. The molecule has 1 saturated carbocycles. The molecule has 0 radical (unpaired) electrons. The normalized spacial score (nSPS) is 16.9. The SMILES string of the molecule is CC(C)CCc1cccc(C(=O)CC2(C)CC2)c1. The molecular weight excluding hydrogens is 220 g/mol. The van der Waals surface area contributed by atoms with Crippen LogP contribution in [0, 0.1) is 11.3 Å². The molecule has 0 N–H and O–H groups in total. The quantitative estimate of drug-likeness (QED) is 0.666. The van der Waals surface area contributed by atoms with Gasteiger partial charge in [-0.25, -0.2) is 0 Å². The second-order valence-corrected chi connectivity index (χ2v) is 6.54. The molecule has 2 rings (SSSR count). The van der Waals surface area contributed by atoms with Crippen LogP contribution < -0.4 is 0 Å². The van der Waals surface area contributed by atoms with Gasteiger partial charge in [-0.2, -0.15) is 0 Å². The second kappa shape index (κ2) is 5.26. The third-order valence-corrected chi connectivity index (χ3v) is 3.95. The summed E-state index contributed by atoms with van der Waals surface area (Å²) in [4.78, 5) is 12.2. The van der Waals surface area contributed by atoms with Crippen molar-refractivity contribution in [3.63, 3.8) is 0 Å².